The van der Waals surface area contributed by atoms with Crippen LogP contribution in [0.3, 0.4) is 0 Å². The summed E-state index contributed by atoms with van der Waals surface area (Å²) in [5, 5.41) is 14.0. The zero-order chi connectivity index (χ0) is 12.1. The fourth-order valence-electron chi connectivity index (χ4n) is 1.99. The highest BCUT2D eigenvalue weighted by Crippen LogP contribution is 2.05. The molecule has 1 saturated heterocycles. The Balaban J connectivity index is 1.71. The van der Waals surface area contributed by atoms with Crippen molar-refractivity contribution >= 4 is 5.96 Å². The van der Waals surface area contributed by atoms with Gasteiger partial charge >= 0.3 is 0 Å². The predicted molar refractivity (Wildman–Crippen MR) is 67.8 cm³/mol. The summed E-state index contributed by atoms with van der Waals surface area (Å²) in [5.74, 6) is 0.385. The molecule has 0 unspecified atom stereocenters. The average Bonchev–Trinajstić information content (AvgIpc) is 2.73. The molecule has 0 bridgehead atoms. The second kappa shape index (κ2) is 5.63. The van der Waals surface area contributed by atoms with Gasteiger partial charge in [-0.05, 0) is 32.1 Å². The maximum absolute atomic E-state index is 7.80. The number of nitrogens with zero attached hydrogens (tertiary/aromatic N) is 2. The first-order valence-electron chi connectivity index (χ1n) is 5.91. The van der Waals surface area contributed by atoms with Crippen molar-refractivity contribution in [2.75, 3.05) is 20.1 Å². The molecule has 1 aliphatic rings. The number of pyridine rings is 1. The van der Waals surface area contributed by atoms with Crippen LogP contribution in [-0.4, -0.2) is 42.0 Å². The molecule has 0 radical (unpaired) electrons. The third-order valence-electron chi connectivity index (χ3n) is 2.91. The first-order chi connectivity index (χ1) is 8.24. The van der Waals surface area contributed by atoms with E-state index in [-0.39, 0.29) is 0 Å². The smallest absolute Gasteiger partial charge is 0.188 e. The van der Waals surface area contributed by atoms with E-state index in [1.807, 2.05) is 18.2 Å². The maximum atomic E-state index is 7.80. The molecule has 5 heteroatoms. The number of aromatic nitrogens is 1. The standard InChI is InChI=1S/C12H19N5/c1-17-7-5-11(9-17)16-12(13)15-8-10-4-2-3-6-14-10/h2-4,6,11H,5,7-9H2,1H3,(H3,13,15,16)/t11-/m1/s1. The summed E-state index contributed by atoms with van der Waals surface area (Å²) >= 11 is 0. The lowest BCUT2D eigenvalue weighted by atomic mass is 10.3. The number of hydrogen-bond donors (Lipinski definition) is 3. The Morgan fingerprint density at radius 1 is 1.59 bits per heavy atom. The van der Waals surface area contributed by atoms with Crippen LogP contribution >= 0.6 is 0 Å². The number of likely N-dealkylation sites (tertiary alicyclic amines) is 1. The zero-order valence-electron chi connectivity index (χ0n) is 10.1. The van der Waals surface area contributed by atoms with Gasteiger partial charge in [0.25, 0.3) is 0 Å². The van der Waals surface area contributed by atoms with Gasteiger partial charge in [0.05, 0.1) is 12.2 Å². The van der Waals surface area contributed by atoms with Gasteiger partial charge in [0.15, 0.2) is 5.96 Å². The van der Waals surface area contributed by atoms with Gasteiger partial charge in [-0.1, -0.05) is 6.07 Å². The van der Waals surface area contributed by atoms with Crippen LogP contribution in [0.15, 0.2) is 24.4 Å². The number of nitrogens with one attached hydrogen (secondary N) is 3. The van der Waals surface area contributed by atoms with E-state index in [1.54, 1.807) is 6.20 Å². The highest BCUT2D eigenvalue weighted by molar-refractivity contribution is 5.76. The molecular weight excluding hydrogens is 214 g/mol. The molecule has 92 valence electrons. The van der Waals surface area contributed by atoms with E-state index in [1.165, 1.54) is 0 Å². The fourth-order valence-corrected chi connectivity index (χ4v) is 1.99. The number of hydrogen-bond acceptors (Lipinski definition) is 3. The Labute approximate surface area is 102 Å². The van der Waals surface area contributed by atoms with Crippen LogP contribution in [0, 0.1) is 5.41 Å². The minimum atomic E-state index is 0.385. The van der Waals surface area contributed by atoms with E-state index in [0.717, 1.165) is 25.2 Å². The highest BCUT2D eigenvalue weighted by atomic mass is 15.2. The van der Waals surface area contributed by atoms with E-state index < -0.39 is 0 Å². The summed E-state index contributed by atoms with van der Waals surface area (Å²) in [6.45, 7) is 2.70. The van der Waals surface area contributed by atoms with E-state index in [9.17, 15) is 0 Å². The van der Waals surface area contributed by atoms with Gasteiger partial charge in [-0.3, -0.25) is 10.4 Å². The van der Waals surface area contributed by atoms with Gasteiger partial charge in [0.1, 0.15) is 0 Å². The largest absolute Gasteiger partial charge is 0.353 e. The summed E-state index contributed by atoms with van der Waals surface area (Å²) in [6.07, 6.45) is 2.87. The van der Waals surface area contributed by atoms with Crippen LogP contribution in [0.4, 0.5) is 0 Å². The Bertz CT molecular complexity index is 364. The minimum Gasteiger partial charge on any atom is -0.353 e. The van der Waals surface area contributed by atoms with Crippen LogP contribution in [-0.2, 0) is 6.54 Å². The molecule has 1 aliphatic heterocycles. The lowest BCUT2D eigenvalue weighted by molar-refractivity contribution is 0.406. The molecule has 1 aromatic rings. The summed E-state index contributed by atoms with van der Waals surface area (Å²) in [5.41, 5.74) is 0.947. The molecular formula is C12H19N5. The normalized spacial score (nSPS) is 20.2. The van der Waals surface area contributed by atoms with E-state index in [2.05, 4.69) is 27.6 Å². The zero-order valence-corrected chi connectivity index (χ0v) is 10.1. The molecule has 0 aromatic carbocycles. The molecule has 2 heterocycles. The van der Waals surface area contributed by atoms with Crippen molar-refractivity contribution < 1.29 is 0 Å². The molecule has 3 N–H and O–H groups in total. The lowest BCUT2D eigenvalue weighted by Gasteiger charge is -2.15. The van der Waals surface area contributed by atoms with Crippen molar-refractivity contribution in [3.8, 4) is 0 Å². The van der Waals surface area contributed by atoms with Crippen molar-refractivity contribution in [2.45, 2.75) is 19.0 Å². The molecule has 17 heavy (non-hydrogen) atoms. The second-order valence-corrected chi connectivity index (χ2v) is 4.44. The van der Waals surface area contributed by atoms with Crippen LogP contribution in [0.25, 0.3) is 0 Å². The molecule has 0 spiro atoms. The molecule has 1 aromatic heterocycles. The Morgan fingerprint density at radius 3 is 3.12 bits per heavy atom. The Morgan fingerprint density at radius 2 is 2.47 bits per heavy atom. The summed E-state index contributed by atoms with van der Waals surface area (Å²) in [4.78, 5) is 6.47. The minimum absolute atomic E-state index is 0.385. The SMILES string of the molecule is CN1CC[C@@H](NC(=N)NCc2ccccn2)C1. The van der Waals surface area contributed by atoms with E-state index in [0.29, 0.717) is 18.5 Å². The maximum Gasteiger partial charge on any atom is 0.188 e. The summed E-state index contributed by atoms with van der Waals surface area (Å²) in [6, 6.07) is 6.18. The first-order valence-corrected chi connectivity index (χ1v) is 5.91. The highest BCUT2D eigenvalue weighted by Gasteiger charge is 2.19. The molecule has 2 rings (SSSR count). The Hall–Kier alpha value is -1.62. The van der Waals surface area contributed by atoms with Crippen LogP contribution in [0.1, 0.15) is 12.1 Å². The number of guanidine groups is 1. The van der Waals surface area contributed by atoms with E-state index >= 15 is 0 Å². The summed E-state index contributed by atoms with van der Waals surface area (Å²) < 4.78 is 0. The molecule has 1 atom stereocenters. The first kappa shape index (κ1) is 11.9. The fraction of sp³-hybridized carbons (Fsp3) is 0.500. The third kappa shape index (κ3) is 3.71. The van der Waals surface area contributed by atoms with Crippen LogP contribution < -0.4 is 10.6 Å². The monoisotopic (exact) mass is 233 g/mol. The van der Waals surface area contributed by atoms with Crippen LogP contribution in [0.5, 0.6) is 0 Å². The summed E-state index contributed by atoms with van der Waals surface area (Å²) in [7, 11) is 2.10. The van der Waals surface area contributed by atoms with Crippen LogP contribution in [0.2, 0.25) is 0 Å². The van der Waals surface area contributed by atoms with Crippen molar-refractivity contribution in [1.29, 1.82) is 5.41 Å². The second-order valence-electron chi connectivity index (χ2n) is 4.44. The third-order valence-corrected chi connectivity index (χ3v) is 2.91. The predicted octanol–water partition coefficient (Wildman–Crippen LogP) is 0.400. The van der Waals surface area contributed by atoms with Crippen molar-refractivity contribution in [3.05, 3.63) is 30.1 Å². The van der Waals surface area contributed by atoms with Gasteiger partial charge < -0.3 is 15.5 Å². The molecule has 5 nitrogen and oxygen atoms in total. The molecule has 1 fully saturated rings. The molecule has 0 saturated carbocycles. The quantitative estimate of drug-likeness (QED) is 0.522. The van der Waals surface area contributed by atoms with Gasteiger partial charge in [0, 0.05) is 18.8 Å². The van der Waals surface area contributed by atoms with Crippen molar-refractivity contribution in [1.82, 2.24) is 20.5 Å². The van der Waals surface area contributed by atoms with Gasteiger partial charge in [-0.25, -0.2) is 0 Å². The van der Waals surface area contributed by atoms with Gasteiger partial charge in [-0.15, -0.1) is 0 Å². The van der Waals surface area contributed by atoms with Gasteiger partial charge in [-0.2, -0.15) is 0 Å². The van der Waals surface area contributed by atoms with Crippen molar-refractivity contribution in [2.24, 2.45) is 0 Å². The molecule has 0 amide bonds. The number of likely N-dealkylation sites (N-methyl/N-ethyl adjacent to an activating group) is 1. The number of rotatable bonds is 3. The average molecular weight is 233 g/mol. The van der Waals surface area contributed by atoms with Gasteiger partial charge in [0.2, 0.25) is 0 Å². The lowest BCUT2D eigenvalue weighted by Crippen LogP contribution is -2.43. The van der Waals surface area contributed by atoms with E-state index in [4.69, 9.17) is 5.41 Å². The molecule has 0 aliphatic carbocycles. The topological polar surface area (TPSA) is 64.0 Å². The Kier molecular flexibility index (Phi) is 3.93. The van der Waals surface area contributed by atoms with Crippen molar-refractivity contribution in [3.63, 3.8) is 0 Å².